The lowest BCUT2D eigenvalue weighted by Crippen LogP contribution is -2.06. The molecule has 1 aromatic carbocycles. The van der Waals surface area contributed by atoms with Crippen LogP contribution < -0.4 is 0 Å². The predicted molar refractivity (Wildman–Crippen MR) is 81.6 cm³/mol. The molecule has 7 heteroatoms. The van der Waals surface area contributed by atoms with Gasteiger partial charge in [0.1, 0.15) is 11.3 Å². The molecule has 108 valence electrons. The number of hydrogen-bond acceptors (Lipinski definition) is 5. The van der Waals surface area contributed by atoms with Gasteiger partial charge in [-0.25, -0.2) is 9.50 Å². The molecule has 0 aliphatic rings. The number of halogens is 1. The van der Waals surface area contributed by atoms with Gasteiger partial charge in [0.25, 0.3) is 0 Å². The zero-order chi connectivity index (χ0) is 15.1. The van der Waals surface area contributed by atoms with E-state index in [1.807, 2.05) is 12.1 Å². The first-order valence-electron chi connectivity index (χ1n) is 6.61. The van der Waals surface area contributed by atoms with Crippen molar-refractivity contribution < 1.29 is 5.11 Å². The molecule has 1 N–H and O–H groups in total. The summed E-state index contributed by atoms with van der Waals surface area (Å²) < 4.78 is 1.54. The van der Waals surface area contributed by atoms with Crippen LogP contribution in [0.2, 0.25) is 5.15 Å². The zero-order valence-corrected chi connectivity index (χ0v) is 12.0. The maximum absolute atomic E-state index is 10.6. The topological polar surface area (TPSA) is 76.2 Å². The van der Waals surface area contributed by atoms with Crippen LogP contribution in [0, 0.1) is 0 Å². The van der Waals surface area contributed by atoms with E-state index in [-0.39, 0.29) is 0 Å². The summed E-state index contributed by atoms with van der Waals surface area (Å²) in [7, 11) is 0. The third-order valence-electron chi connectivity index (χ3n) is 3.45. The Bertz CT molecular complexity index is 984. The number of aliphatic hydroxyl groups excluding tert-OH is 1. The molecule has 1 atom stereocenters. The number of aromatic nitrogens is 5. The van der Waals surface area contributed by atoms with Crippen LogP contribution in [0.5, 0.6) is 0 Å². The second-order valence-electron chi connectivity index (χ2n) is 4.82. The van der Waals surface area contributed by atoms with E-state index in [1.165, 1.54) is 4.52 Å². The van der Waals surface area contributed by atoms with Crippen LogP contribution in [0.3, 0.4) is 0 Å². The second kappa shape index (κ2) is 5.01. The van der Waals surface area contributed by atoms with Gasteiger partial charge >= 0.3 is 0 Å². The molecule has 3 aromatic heterocycles. The Kier molecular flexibility index (Phi) is 2.99. The Morgan fingerprint density at radius 3 is 2.68 bits per heavy atom. The van der Waals surface area contributed by atoms with Gasteiger partial charge in [-0.05, 0) is 29.8 Å². The first-order valence-corrected chi connectivity index (χ1v) is 6.99. The average molecular weight is 312 g/mol. The fraction of sp³-hybridized carbons (Fsp3) is 0.0667. The van der Waals surface area contributed by atoms with Crippen molar-refractivity contribution >= 4 is 28.3 Å². The molecule has 6 nitrogen and oxygen atoms in total. The number of aliphatic hydroxyl groups is 1. The minimum absolute atomic E-state index is 0.336. The first-order chi connectivity index (χ1) is 10.7. The third-order valence-corrected chi connectivity index (χ3v) is 3.65. The Morgan fingerprint density at radius 1 is 1.00 bits per heavy atom. The highest BCUT2D eigenvalue weighted by atomic mass is 35.5. The predicted octanol–water partition coefficient (Wildman–Crippen LogP) is 2.41. The lowest BCUT2D eigenvalue weighted by Gasteiger charge is -2.10. The Labute approximate surface area is 130 Å². The normalized spacial score (nSPS) is 12.8. The van der Waals surface area contributed by atoms with Gasteiger partial charge in [0.2, 0.25) is 0 Å². The van der Waals surface area contributed by atoms with Crippen molar-refractivity contribution in [1.82, 2.24) is 24.6 Å². The molecular weight excluding hydrogens is 302 g/mol. The Hall–Kier alpha value is -2.57. The van der Waals surface area contributed by atoms with E-state index in [0.29, 0.717) is 22.1 Å². The molecule has 0 saturated heterocycles. The average Bonchev–Trinajstić information content (AvgIpc) is 2.96. The Morgan fingerprint density at radius 2 is 1.82 bits per heavy atom. The fourth-order valence-electron chi connectivity index (χ4n) is 2.38. The van der Waals surface area contributed by atoms with Crippen molar-refractivity contribution in [2.45, 2.75) is 6.10 Å². The number of nitrogens with zero attached hydrogens (tertiary/aromatic N) is 5. The number of rotatable bonds is 2. The number of imidazole rings is 1. The lowest BCUT2D eigenvalue weighted by molar-refractivity contribution is 0.213. The quantitative estimate of drug-likeness (QED) is 0.615. The van der Waals surface area contributed by atoms with Gasteiger partial charge in [-0.2, -0.15) is 5.10 Å². The smallest absolute Gasteiger partial charge is 0.154 e. The number of fused-ring (bicyclic) bond motifs is 2. The molecule has 22 heavy (non-hydrogen) atoms. The van der Waals surface area contributed by atoms with Crippen LogP contribution in [-0.2, 0) is 0 Å². The van der Waals surface area contributed by atoms with Gasteiger partial charge in [-0.1, -0.05) is 17.7 Å². The summed E-state index contributed by atoms with van der Waals surface area (Å²) >= 11 is 5.92. The van der Waals surface area contributed by atoms with Crippen molar-refractivity contribution in [3.05, 3.63) is 65.3 Å². The molecule has 0 radical (unpaired) electrons. The molecular formula is C15H10ClN5O. The molecule has 0 aliphatic carbocycles. The second-order valence-corrected chi connectivity index (χ2v) is 5.20. The maximum atomic E-state index is 10.6. The summed E-state index contributed by atoms with van der Waals surface area (Å²) in [6.07, 6.45) is 3.96. The number of hydrogen-bond donors (Lipinski definition) is 1. The van der Waals surface area contributed by atoms with Gasteiger partial charge in [-0.3, -0.25) is 9.97 Å². The van der Waals surface area contributed by atoms with Gasteiger partial charge in [-0.15, -0.1) is 0 Å². The van der Waals surface area contributed by atoms with E-state index in [0.717, 1.165) is 11.0 Å². The lowest BCUT2D eigenvalue weighted by atomic mass is 10.1. The van der Waals surface area contributed by atoms with E-state index in [4.69, 9.17) is 11.6 Å². The largest absolute Gasteiger partial charge is 0.382 e. The Balaban J connectivity index is 1.84. The molecule has 1 unspecified atom stereocenters. The molecule has 0 bridgehead atoms. The standard InChI is InChI=1S/C15H10ClN5O/c16-13-3-4-14-19-8-12(21(14)20-13)15(22)9-1-2-10-11(7-9)18-6-5-17-10/h1-8,15,22H. The van der Waals surface area contributed by atoms with Crippen LogP contribution in [0.4, 0.5) is 0 Å². The van der Waals surface area contributed by atoms with Crippen molar-refractivity contribution in [3.8, 4) is 0 Å². The van der Waals surface area contributed by atoms with E-state index in [9.17, 15) is 5.11 Å². The van der Waals surface area contributed by atoms with Gasteiger partial charge < -0.3 is 5.11 Å². The van der Waals surface area contributed by atoms with Crippen molar-refractivity contribution in [1.29, 1.82) is 0 Å². The highest BCUT2D eigenvalue weighted by Crippen LogP contribution is 2.24. The van der Waals surface area contributed by atoms with Crippen LogP contribution >= 0.6 is 11.6 Å². The molecule has 0 aliphatic heterocycles. The van der Waals surface area contributed by atoms with E-state index in [1.54, 1.807) is 36.8 Å². The maximum Gasteiger partial charge on any atom is 0.154 e. The van der Waals surface area contributed by atoms with Crippen LogP contribution in [0.1, 0.15) is 17.4 Å². The molecule has 0 saturated carbocycles. The summed E-state index contributed by atoms with van der Waals surface area (Å²) in [5.41, 5.74) is 3.35. The van der Waals surface area contributed by atoms with Gasteiger partial charge in [0.15, 0.2) is 5.65 Å². The van der Waals surface area contributed by atoms with Crippen LogP contribution in [0.15, 0.2) is 48.9 Å². The van der Waals surface area contributed by atoms with E-state index >= 15 is 0 Å². The first kappa shape index (κ1) is 13.1. The summed E-state index contributed by atoms with van der Waals surface area (Å²) in [6, 6.07) is 8.84. The molecule has 4 rings (SSSR count). The molecule has 0 fully saturated rings. The molecule has 3 heterocycles. The monoisotopic (exact) mass is 311 g/mol. The van der Waals surface area contributed by atoms with Crippen molar-refractivity contribution in [2.24, 2.45) is 0 Å². The van der Waals surface area contributed by atoms with Gasteiger partial charge in [0.05, 0.1) is 22.9 Å². The summed E-state index contributed by atoms with van der Waals surface area (Å²) in [4.78, 5) is 12.7. The highest BCUT2D eigenvalue weighted by Gasteiger charge is 2.17. The SMILES string of the molecule is OC(c1ccc2nccnc2c1)c1cnc2ccc(Cl)nn12. The molecule has 0 spiro atoms. The highest BCUT2D eigenvalue weighted by molar-refractivity contribution is 6.29. The van der Waals surface area contributed by atoms with Gasteiger partial charge in [0, 0.05) is 12.4 Å². The van der Waals surface area contributed by atoms with E-state index in [2.05, 4.69) is 20.1 Å². The zero-order valence-electron chi connectivity index (χ0n) is 11.3. The van der Waals surface area contributed by atoms with Crippen molar-refractivity contribution in [3.63, 3.8) is 0 Å². The summed E-state index contributed by atoms with van der Waals surface area (Å²) in [5.74, 6) is 0. The number of benzene rings is 1. The van der Waals surface area contributed by atoms with Crippen molar-refractivity contribution in [2.75, 3.05) is 0 Å². The minimum Gasteiger partial charge on any atom is -0.382 e. The van der Waals surface area contributed by atoms with Crippen LogP contribution in [0.25, 0.3) is 16.7 Å². The molecule has 4 aromatic rings. The minimum atomic E-state index is -0.882. The summed E-state index contributed by atoms with van der Waals surface area (Å²) in [5, 5.41) is 15.1. The fourth-order valence-corrected chi connectivity index (χ4v) is 2.51. The third kappa shape index (κ3) is 2.09. The molecule has 0 amide bonds. The van der Waals surface area contributed by atoms with Crippen LogP contribution in [-0.4, -0.2) is 29.7 Å². The summed E-state index contributed by atoms with van der Waals surface area (Å²) in [6.45, 7) is 0. The van der Waals surface area contributed by atoms with E-state index < -0.39 is 6.10 Å².